The fourth-order valence-corrected chi connectivity index (χ4v) is 2.26. The van der Waals surface area contributed by atoms with Crippen LogP contribution in [0.15, 0.2) is 40.1 Å². The van der Waals surface area contributed by atoms with E-state index in [1.54, 1.807) is 0 Å². The molecule has 2 atom stereocenters. The van der Waals surface area contributed by atoms with Crippen molar-refractivity contribution in [2.24, 2.45) is 10.2 Å². The number of nitrogen functional groups attached to an aromatic ring is 1. The van der Waals surface area contributed by atoms with Gasteiger partial charge in [0.15, 0.2) is 0 Å². The number of nitrogens with zero attached hydrogens (tertiary/aromatic N) is 2. The van der Waals surface area contributed by atoms with Crippen LogP contribution in [0.5, 0.6) is 0 Å². The summed E-state index contributed by atoms with van der Waals surface area (Å²) in [6.07, 6.45) is 4.53. The first-order chi connectivity index (χ1) is 7.33. The van der Waals surface area contributed by atoms with Gasteiger partial charge in [0.05, 0.1) is 12.1 Å². The van der Waals surface area contributed by atoms with Gasteiger partial charge in [-0.2, -0.15) is 10.2 Å². The van der Waals surface area contributed by atoms with E-state index in [2.05, 4.69) is 16.3 Å². The van der Waals surface area contributed by atoms with Gasteiger partial charge in [0.2, 0.25) is 0 Å². The maximum atomic E-state index is 5.64. The molecule has 1 saturated carbocycles. The van der Waals surface area contributed by atoms with Gasteiger partial charge in [-0.3, -0.25) is 0 Å². The summed E-state index contributed by atoms with van der Waals surface area (Å²) < 4.78 is 0. The molecule has 15 heavy (non-hydrogen) atoms. The molecule has 1 aromatic rings. The minimum atomic E-state index is 0.354. The first-order valence-corrected chi connectivity index (χ1v) is 5.30. The molecule has 1 aromatic carbocycles. The molecular weight excluding hydrogens is 186 g/mol. The third kappa shape index (κ3) is 1.44. The molecule has 3 heteroatoms. The van der Waals surface area contributed by atoms with Gasteiger partial charge in [-0.05, 0) is 36.1 Å². The van der Waals surface area contributed by atoms with Gasteiger partial charge in [0.25, 0.3) is 0 Å². The van der Waals surface area contributed by atoms with Gasteiger partial charge in [0.1, 0.15) is 0 Å². The third-order valence-corrected chi connectivity index (χ3v) is 3.10. The highest BCUT2D eigenvalue weighted by atomic mass is 15.2. The normalized spacial score (nSPS) is 30.3. The molecule has 1 heterocycles. The topological polar surface area (TPSA) is 50.7 Å². The number of azo groups is 1. The Morgan fingerprint density at radius 1 is 1.07 bits per heavy atom. The van der Waals surface area contributed by atoms with Crippen LogP contribution < -0.4 is 5.73 Å². The van der Waals surface area contributed by atoms with Crippen LogP contribution in [0.1, 0.15) is 18.4 Å². The number of hydrogen-bond donors (Lipinski definition) is 1. The standard InChI is InChI=1S/C12H13N3/c13-9-3-1-8(2-4-9)7-10-11-5-6-12(10)15-14-11/h1-4,7,11-12H,5-6,13H2/t11-,12+. The second kappa shape index (κ2) is 3.19. The molecular formula is C12H13N3. The predicted molar refractivity (Wildman–Crippen MR) is 60.5 cm³/mol. The fourth-order valence-electron chi connectivity index (χ4n) is 2.26. The van der Waals surface area contributed by atoms with E-state index in [4.69, 9.17) is 5.73 Å². The van der Waals surface area contributed by atoms with E-state index < -0.39 is 0 Å². The average Bonchev–Trinajstić information content (AvgIpc) is 2.81. The minimum Gasteiger partial charge on any atom is -0.399 e. The van der Waals surface area contributed by atoms with Crippen molar-refractivity contribution in [1.82, 2.24) is 0 Å². The SMILES string of the molecule is Nc1ccc(C=C2[C@@H]3CC[C@H]2N=N3)cc1. The Kier molecular flexibility index (Phi) is 1.84. The number of nitrogens with two attached hydrogens (primary N) is 1. The van der Waals surface area contributed by atoms with E-state index in [-0.39, 0.29) is 0 Å². The highest BCUT2D eigenvalue weighted by molar-refractivity contribution is 5.59. The maximum absolute atomic E-state index is 5.64. The number of rotatable bonds is 1. The van der Waals surface area contributed by atoms with E-state index >= 15 is 0 Å². The average molecular weight is 199 g/mol. The van der Waals surface area contributed by atoms with Crippen molar-refractivity contribution in [3.05, 3.63) is 35.4 Å². The summed E-state index contributed by atoms with van der Waals surface area (Å²) in [6, 6.07) is 8.65. The number of hydrogen-bond acceptors (Lipinski definition) is 3. The second-order valence-corrected chi connectivity index (χ2v) is 4.15. The molecule has 2 bridgehead atoms. The Labute approximate surface area is 88.7 Å². The van der Waals surface area contributed by atoms with Crippen molar-refractivity contribution in [3.8, 4) is 0 Å². The maximum Gasteiger partial charge on any atom is 0.0943 e. The fraction of sp³-hybridized carbons (Fsp3) is 0.333. The van der Waals surface area contributed by atoms with Crippen LogP contribution in [0.4, 0.5) is 5.69 Å². The highest BCUT2D eigenvalue weighted by Gasteiger charge is 2.35. The Hall–Kier alpha value is -1.64. The minimum absolute atomic E-state index is 0.354. The molecule has 3 rings (SSSR count). The Bertz CT molecular complexity index is 415. The molecule has 1 aliphatic carbocycles. The largest absolute Gasteiger partial charge is 0.399 e. The molecule has 1 fully saturated rings. The van der Waals surface area contributed by atoms with Crippen LogP contribution in [-0.2, 0) is 0 Å². The highest BCUT2D eigenvalue weighted by Crippen LogP contribution is 2.37. The van der Waals surface area contributed by atoms with Gasteiger partial charge in [-0.25, -0.2) is 0 Å². The monoisotopic (exact) mass is 199 g/mol. The zero-order chi connectivity index (χ0) is 10.3. The molecule has 0 aromatic heterocycles. The summed E-state index contributed by atoms with van der Waals surface area (Å²) in [5, 5.41) is 8.46. The van der Waals surface area contributed by atoms with Crippen LogP contribution in [0.25, 0.3) is 6.08 Å². The zero-order valence-corrected chi connectivity index (χ0v) is 8.43. The second-order valence-electron chi connectivity index (χ2n) is 4.15. The van der Waals surface area contributed by atoms with Crippen molar-refractivity contribution in [3.63, 3.8) is 0 Å². The number of anilines is 1. The van der Waals surface area contributed by atoms with E-state index in [1.807, 2.05) is 24.3 Å². The Morgan fingerprint density at radius 3 is 2.20 bits per heavy atom. The molecule has 0 unspecified atom stereocenters. The molecule has 76 valence electrons. The smallest absolute Gasteiger partial charge is 0.0943 e. The Balaban J connectivity index is 1.91. The summed E-state index contributed by atoms with van der Waals surface area (Å²) in [4.78, 5) is 0. The summed E-state index contributed by atoms with van der Waals surface area (Å²) in [5.41, 5.74) is 9.02. The lowest BCUT2D eigenvalue weighted by Crippen LogP contribution is -1.98. The molecule has 1 aliphatic heterocycles. The van der Waals surface area contributed by atoms with Gasteiger partial charge in [0, 0.05) is 5.69 Å². The van der Waals surface area contributed by atoms with Crippen LogP contribution in [0, 0.1) is 0 Å². The van der Waals surface area contributed by atoms with Crippen LogP contribution in [0.2, 0.25) is 0 Å². The van der Waals surface area contributed by atoms with Gasteiger partial charge >= 0.3 is 0 Å². The molecule has 3 nitrogen and oxygen atoms in total. The summed E-state index contributed by atoms with van der Waals surface area (Å²) >= 11 is 0. The summed E-state index contributed by atoms with van der Waals surface area (Å²) in [7, 11) is 0. The van der Waals surface area contributed by atoms with Gasteiger partial charge < -0.3 is 5.73 Å². The number of fused-ring (bicyclic) bond motifs is 2. The lowest BCUT2D eigenvalue weighted by atomic mass is 10.1. The molecule has 0 saturated heterocycles. The van der Waals surface area contributed by atoms with Crippen molar-refractivity contribution in [2.45, 2.75) is 24.9 Å². The predicted octanol–water partition coefficient (Wildman–Crippen LogP) is 2.65. The lowest BCUT2D eigenvalue weighted by molar-refractivity contribution is 0.643. The molecule has 0 spiro atoms. The first-order valence-electron chi connectivity index (χ1n) is 5.30. The summed E-state index contributed by atoms with van der Waals surface area (Å²) in [6.45, 7) is 0. The van der Waals surface area contributed by atoms with Crippen molar-refractivity contribution in [2.75, 3.05) is 5.73 Å². The van der Waals surface area contributed by atoms with Crippen molar-refractivity contribution >= 4 is 11.8 Å². The molecule has 0 radical (unpaired) electrons. The van der Waals surface area contributed by atoms with Crippen molar-refractivity contribution in [1.29, 1.82) is 0 Å². The summed E-state index contributed by atoms with van der Waals surface area (Å²) in [5.74, 6) is 0. The quantitative estimate of drug-likeness (QED) is 0.694. The van der Waals surface area contributed by atoms with Crippen molar-refractivity contribution < 1.29 is 0 Å². The first kappa shape index (κ1) is 8.65. The van der Waals surface area contributed by atoms with Crippen LogP contribution in [-0.4, -0.2) is 12.1 Å². The van der Waals surface area contributed by atoms with Gasteiger partial charge in [-0.1, -0.05) is 18.2 Å². The molecule has 2 aliphatic rings. The Morgan fingerprint density at radius 2 is 1.67 bits per heavy atom. The zero-order valence-electron chi connectivity index (χ0n) is 8.43. The van der Waals surface area contributed by atoms with E-state index in [0.29, 0.717) is 12.1 Å². The number of benzene rings is 1. The van der Waals surface area contributed by atoms with Gasteiger partial charge in [-0.15, -0.1) is 0 Å². The lowest BCUT2D eigenvalue weighted by Gasteiger charge is -2.01. The van der Waals surface area contributed by atoms with Crippen LogP contribution >= 0.6 is 0 Å². The molecule has 0 amide bonds. The van der Waals surface area contributed by atoms with E-state index in [1.165, 1.54) is 11.1 Å². The van der Waals surface area contributed by atoms with E-state index in [0.717, 1.165) is 18.5 Å². The third-order valence-electron chi connectivity index (χ3n) is 3.10. The van der Waals surface area contributed by atoms with Crippen LogP contribution in [0.3, 0.4) is 0 Å². The molecule has 2 N–H and O–H groups in total. The van der Waals surface area contributed by atoms with E-state index in [9.17, 15) is 0 Å².